The van der Waals surface area contributed by atoms with Gasteiger partial charge in [0, 0.05) is 6.42 Å². The molecule has 0 aliphatic heterocycles. The molecule has 0 saturated carbocycles. The van der Waals surface area contributed by atoms with Gasteiger partial charge in [-0.05, 0) is 23.7 Å². The zero-order valence-corrected chi connectivity index (χ0v) is 10.2. The highest BCUT2D eigenvalue weighted by atomic mass is 32.2. The fraction of sp³-hybridized carbons (Fsp3) is 0.462. The van der Waals surface area contributed by atoms with E-state index in [1.807, 2.05) is 25.1 Å². The van der Waals surface area contributed by atoms with Crippen molar-refractivity contribution in [1.82, 2.24) is 0 Å². The van der Waals surface area contributed by atoms with E-state index in [-0.39, 0.29) is 0 Å². The van der Waals surface area contributed by atoms with E-state index in [9.17, 15) is 4.79 Å². The number of rotatable bonds is 5. The van der Waals surface area contributed by atoms with E-state index >= 15 is 0 Å². The van der Waals surface area contributed by atoms with Gasteiger partial charge in [-0.1, -0.05) is 55.9 Å². The van der Waals surface area contributed by atoms with Crippen molar-refractivity contribution in [3.8, 4) is 0 Å². The summed E-state index contributed by atoms with van der Waals surface area (Å²) in [6, 6.07) is 10.3. The molecule has 0 aliphatic rings. The molecule has 0 bridgehead atoms. The quantitative estimate of drug-likeness (QED) is 0.752. The maximum absolute atomic E-state index is 11.5. The van der Waals surface area contributed by atoms with E-state index < -0.39 is 0 Å². The third-order valence-electron chi connectivity index (χ3n) is 2.48. The highest BCUT2D eigenvalue weighted by Gasteiger charge is 2.13. The van der Waals surface area contributed by atoms with E-state index in [2.05, 4.69) is 19.1 Å². The Morgan fingerprint density at radius 3 is 2.47 bits per heavy atom. The van der Waals surface area contributed by atoms with Crippen LogP contribution in [0.15, 0.2) is 30.3 Å². The molecular weight excluding hydrogens is 204 g/mol. The van der Waals surface area contributed by atoms with Crippen LogP contribution in [0.4, 0.5) is 0 Å². The summed E-state index contributed by atoms with van der Waals surface area (Å²) < 4.78 is 0. The van der Waals surface area contributed by atoms with Crippen molar-refractivity contribution in [1.29, 1.82) is 0 Å². The summed E-state index contributed by atoms with van der Waals surface area (Å²) in [5.74, 6) is 1.27. The largest absolute Gasteiger partial charge is 0.287 e. The summed E-state index contributed by atoms with van der Waals surface area (Å²) in [6.07, 6.45) is 1.69. The molecule has 0 amide bonds. The molecule has 0 radical (unpaired) electrons. The number of benzene rings is 1. The summed E-state index contributed by atoms with van der Waals surface area (Å²) in [4.78, 5) is 11.5. The van der Waals surface area contributed by atoms with E-state index in [0.717, 1.165) is 12.2 Å². The first-order chi connectivity index (χ1) is 7.27. The Morgan fingerprint density at radius 1 is 1.27 bits per heavy atom. The van der Waals surface area contributed by atoms with Crippen molar-refractivity contribution in [2.75, 3.05) is 5.75 Å². The monoisotopic (exact) mass is 222 g/mol. The minimum absolute atomic E-state index is 0.313. The Hall–Kier alpha value is -0.760. The van der Waals surface area contributed by atoms with Crippen LogP contribution in [0.25, 0.3) is 0 Å². The van der Waals surface area contributed by atoms with Crippen LogP contribution in [0, 0.1) is 0 Å². The van der Waals surface area contributed by atoms with E-state index in [0.29, 0.717) is 17.5 Å². The van der Waals surface area contributed by atoms with Crippen molar-refractivity contribution < 1.29 is 4.79 Å². The Labute approximate surface area is 96.3 Å². The lowest BCUT2D eigenvalue weighted by atomic mass is 9.94. The Balaban J connectivity index is 2.61. The molecule has 1 nitrogen and oxygen atoms in total. The SMILES string of the molecule is CCSC(=O)C[C@H](CC)c1ccccc1. The minimum atomic E-state index is 0.313. The lowest BCUT2D eigenvalue weighted by Gasteiger charge is -2.13. The average Bonchev–Trinajstić information content (AvgIpc) is 2.27. The van der Waals surface area contributed by atoms with Gasteiger partial charge in [0.25, 0.3) is 0 Å². The van der Waals surface area contributed by atoms with Gasteiger partial charge >= 0.3 is 0 Å². The summed E-state index contributed by atoms with van der Waals surface area (Å²) in [7, 11) is 0. The molecule has 2 heteroatoms. The van der Waals surface area contributed by atoms with Crippen LogP contribution < -0.4 is 0 Å². The van der Waals surface area contributed by atoms with Gasteiger partial charge in [0.05, 0.1) is 0 Å². The second-order valence-corrected chi connectivity index (χ2v) is 4.85. The van der Waals surface area contributed by atoms with Crippen LogP contribution in [0.2, 0.25) is 0 Å². The maximum Gasteiger partial charge on any atom is 0.189 e. The fourth-order valence-electron chi connectivity index (χ4n) is 1.64. The molecule has 82 valence electrons. The van der Waals surface area contributed by atoms with Crippen molar-refractivity contribution >= 4 is 16.9 Å². The lowest BCUT2D eigenvalue weighted by molar-refractivity contribution is -0.111. The van der Waals surface area contributed by atoms with Gasteiger partial charge in [0.15, 0.2) is 5.12 Å². The molecule has 0 fully saturated rings. The van der Waals surface area contributed by atoms with Crippen LogP contribution in [0.1, 0.15) is 38.2 Å². The molecule has 15 heavy (non-hydrogen) atoms. The summed E-state index contributed by atoms with van der Waals surface area (Å²) in [6.45, 7) is 4.16. The zero-order valence-electron chi connectivity index (χ0n) is 9.40. The zero-order chi connectivity index (χ0) is 11.1. The van der Waals surface area contributed by atoms with Gasteiger partial charge < -0.3 is 0 Å². The van der Waals surface area contributed by atoms with Gasteiger partial charge in [-0.2, -0.15) is 0 Å². The highest BCUT2D eigenvalue weighted by Crippen LogP contribution is 2.25. The first kappa shape index (κ1) is 12.3. The van der Waals surface area contributed by atoms with Crippen LogP contribution in [-0.4, -0.2) is 10.9 Å². The maximum atomic E-state index is 11.5. The van der Waals surface area contributed by atoms with E-state index in [1.165, 1.54) is 17.3 Å². The van der Waals surface area contributed by atoms with Gasteiger partial charge in [-0.15, -0.1) is 0 Å². The summed E-state index contributed by atoms with van der Waals surface area (Å²) >= 11 is 1.43. The summed E-state index contributed by atoms with van der Waals surface area (Å²) in [5.41, 5.74) is 1.28. The number of thioether (sulfide) groups is 1. The van der Waals surface area contributed by atoms with Crippen LogP contribution in [-0.2, 0) is 4.79 Å². The highest BCUT2D eigenvalue weighted by molar-refractivity contribution is 8.13. The van der Waals surface area contributed by atoms with Gasteiger partial charge in [0.1, 0.15) is 0 Å². The Bertz CT molecular complexity index is 295. The molecule has 0 aromatic heterocycles. The molecule has 1 atom stereocenters. The van der Waals surface area contributed by atoms with E-state index in [1.54, 1.807) is 0 Å². The molecule has 0 unspecified atom stereocenters. The molecule has 0 heterocycles. The van der Waals surface area contributed by atoms with Gasteiger partial charge in [-0.3, -0.25) is 4.79 Å². The number of carbonyl (C=O) groups is 1. The molecule has 0 saturated heterocycles. The topological polar surface area (TPSA) is 17.1 Å². The van der Waals surface area contributed by atoms with Crippen LogP contribution in [0.5, 0.6) is 0 Å². The third-order valence-corrected chi connectivity index (χ3v) is 3.26. The lowest BCUT2D eigenvalue weighted by Crippen LogP contribution is -2.03. The standard InChI is InChI=1S/C13H18OS/c1-3-11(10-13(14)15-4-2)12-8-6-5-7-9-12/h5-9,11H,3-4,10H2,1-2H3/t11-/m0/s1. The number of hydrogen-bond donors (Lipinski definition) is 0. The van der Waals surface area contributed by atoms with Crippen LogP contribution in [0.3, 0.4) is 0 Å². The molecule has 0 spiro atoms. The average molecular weight is 222 g/mol. The smallest absolute Gasteiger partial charge is 0.189 e. The van der Waals surface area contributed by atoms with E-state index in [4.69, 9.17) is 0 Å². The molecule has 1 aromatic carbocycles. The van der Waals surface area contributed by atoms with Crippen molar-refractivity contribution in [2.45, 2.75) is 32.6 Å². The predicted octanol–water partition coefficient (Wildman–Crippen LogP) is 3.85. The minimum Gasteiger partial charge on any atom is -0.287 e. The van der Waals surface area contributed by atoms with Gasteiger partial charge in [0.2, 0.25) is 0 Å². The molecule has 1 aromatic rings. The van der Waals surface area contributed by atoms with Crippen molar-refractivity contribution in [3.05, 3.63) is 35.9 Å². The molecule has 1 rings (SSSR count). The van der Waals surface area contributed by atoms with Crippen molar-refractivity contribution in [3.63, 3.8) is 0 Å². The molecular formula is C13H18OS. The molecule has 0 N–H and O–H groups in total. The normalized spacial score (nSPS) is 12.4. The van der Waals surface area contributed by atoms with Crippen LogP contribution >= 0.6 is 11.8 Å². The van der Waals surface area contributed by atoms with Gasteiger partial charge in [-0.25, -0.2) is 0 Å². The number of hydrogen-bond acceptors (Lipinski definition) is 2. The Kier molecular flexibility index (Phi) is 5.48. The second-order valence-electron chi connectivity index (χ2n) is 3.53. The third kappa shape index (κ3) is 4.08. The molecule has 0 aliphatic carbocycles. The Morgan fingerprint density at radius 2 is 1.93 bits per heavy atom. The van der Waals surface area contributed by atoms with Crippen molar-refractivity contribution in [2.24, 2.45) is 0 Å². The number of carbonyl (C=O) groups excluding carboxylic acids is 1. The first-order valence-corrected chi connectivity index (χ1v) is 6.47. The predicted molar refractivity (Wildman–Crippen MR) is 67.2 cm³/mol. The fourth-order valence-corrected chi connectivity index (χ4v) is 2.29. The first-order valence-electron chi connectivity index (χ1n) is 5.48. The second kappa shape index (κ2) is 6.67. The summed E-state index contributed by atoms with van der Waals surface area (Å²) in [5, 5.41) is 0.313.